The summed E-state index contributed by atoms with van der Waals surface area (Å²) in [5.41, 5.74) is 3.57. The summed E-state index contributed by atoms with van der Waals surface area (Å²) in [4.78, 5) is 0. The third kappa shape index (κ3) is 4.26. The molecule has 0 amide bonds. The summed E-state index contributed by atoms with van der Waals surface area (Å²) in [5.74, 6) is 5.91. The molecule has 0 bridgehead atoms. The Morgan fingerprint density at radius 3 is 2.84 bits per heavy atom. The summed E-state index contributed by atoms with van der Waals surface area (Å²) in [6.07, 6.45) is 2.00. The highest BCUT2D eigenvalue weighted by Gasteiger charge is 2.29. The van der Waals surface area contributed by atoms with Crippen LogP contribution in [-0.2, 0) is 16.3 Å². The molecule has 0 radical (unpaired) electrons. The van der Waals surface area contributed by atoms with Crippen molar-refractivity contribution in [1.82, 2.24) is 5.43 Å². The van der Waals surface area contributed by atoms with Crippen molar-refractivity contribution < 1.29 is 12.8 Å². The summed E-state index contributed by atoms with van der Waals surface area (Å²) >= 11 is 0. The zero-order valence-electron chi connectivity index (χ0n) is 10.7. The fraction of sp³-hybridized carbons (Fsp3) is 0.538. The molecule has 1 saturated heterocycles. The Morgan fingerprint density at radius 2 is 2.26 bits per heavy atom. The molecule has 6 heteroatoms. The summed E-state index contributed by atoms with van der Waals surface area (Å²) in [7, 11) is -2.86. The molecule has 1 aliphatic rings. The van der Waals surface area contributed by atoms with E-state index in [1.54, 1.807) is 6.07 Å². The summed E-state index contributed by atoms with van der Waals surface area (Å²) in [6, 6.07) is 6.37. The van der Waals surface area contributed by atoms with Crippen molar-refractivity contribution in [3.8, 4) is 0 Å². The lowest BCUT2D eigenvalue weighted by Crippen LogP contribution is -2.38. The minimum absolute atomic E-state index is 0.0277. The van der Waals surface area contributed by atoms with Crippen LogP contribution in [0, 0.1) is 11.7 Å². The lowest BCUT2D eigenvalue weighted by atomic mass is 9.95. The van der Waals surface area contributed by atoms with E-state index in [0.29, 0.717) is 19.3 Å². The van der Waals surface area contributed by atoms with Crippen LogP contribution in [0.25, 0.3) is 0 Å². The molecule has 19 heavy (non-hydrogen) atoms. The van der Waals surface area contributed by atoms with Crippen LogP contribution in [-0.4, -0.2) is 26.0 Å². The maximum atomic E-state index is 13.1. The van der Waals surface area contributed by atoms with E-state index < -0.39 is 9.84 Å². The van der Waals surface area contributed by atoms with Gasteiger partial charge in [0, 0.05) is 6.04 Å². The Morgan fingerprint density at radius 1 is 1.47 bits per heavy atom. The van der Waals surface area contributed by atoms with Crippen LogP contribution < -0.4 is 11.3 Å². The molecule has 1 aliphatic heterocycles. The highest BCUT2D eigenvalue weighted by atomic mass is 32.2. The van der Waals surface area contributed by atoms with E-state index in [1.807, 2.05) is 6.07 Å². The molecule has 0 spiro atoms. The SMILES string of the molecule is NNC(Cc1cccc(F)c1)CC1CCS(=O)(=O)C1. The second kappa shape index (κ2) is 5.98. The van der Waals surface area contributed by atoms with Crippen molar-refractivity contribution in [3.63, 3.8) is 0 Å². The zero-order chi connectivity index (χ0) is 13.9. The number of hydrazine groups is 1. The second-order valence-corrected chi connectivity index (χ2v) is 7.43. The average Bonchev–Trinajstić information content (AvgIpc) is 2.68. The van der Waals surface area contributed by atoms with Crippen molar-refractivity contribution in [3.05, 3.63) is 35.6 Å². The van der Waals surface area contributed by atoms with E-state index in [-0.39, 0.29) is 29.3 Å². The zero-order valence-corrected chi connectivity index (χ0v) is 11.5. The predicted molar refractivity (Wildman–Crippen MR) is 72.6 cm³/mol. The van der Waals surface area contributed by atoms with E-state index in [1.165, 1.54) is 12.1 Å². The third-order valence-corrected chi connectivity index (χ3v) is 5.39. The van der Waals surface area contributed by atoms with Crippen LogP contribution in [0.1, 0.15) is 18.4 Å². The molecule has 0 aliphatic carbocycles. The van der Waals surface area contributed by atoms with Gasteiger partial charge in [0.25, 0.3) is 0 Å². The van der Waals surface area contributed by atoms with E-state index in [4.69, 9.17) is 5.84 Å². The Bertz CT molecular complexity index is 533. The molecule has 0 saturated carbocycles. The van der Waals surface area contributed by atoms with Crippen molar-refractivity contribution in [1.29, 1.82) is 0 Å². The molecule has 4 nitrogen and oxygen atoms in total. The molecule has 2 atom stereocenters. The lowest BCUT2D eigenvalue weighted by Gasteiger charge is -2.19. The number of benzene rings is 1. The first-order valence-corrected chi connectivity index (χ1v) is 8.21. The molecular weight excluding hydrogens is 267 g/mol. The molecule has 0 aromatic heterocycles. The van der Waals surface area contributed by atoms with E-state index in [9.17, 15) is 12.8 Å². The molecule has 3 N–H and O–H groups in total. The van der Waals surface area contributed by atoms with Crippen LogP contribution in [0.2, 0.25) is 0 Å². The summed E-state index contributed by atoms with van der Waals surface area (Å²) < 4.78 is 35.9. The Balaban J connectivity index is 1.94. The number of hydrogen-bond donors (Lipinski definition) is 2. The summed E-state index contributed by atoms with van der Waals surface area (Å²) in [5, 5.41) is 0. The van der Waals surface area contributed by atoms with Gasteiger partial charge in [-0.05, 0) is 42.9 Å². The largest absolute Gasteiger partial charge is 0.271 e. The topological polar surface area (TPSA) is 72.2 Å². The van der Waals surface area contributed by atoms with Crippen LogP contribution in [0.3, 0.4) is 0 Å². The van der Waals surface area contributed by atoms with Crippen molar-refractivity contribution in [2.24, 2.45) is 11.8 Å². The van der Waals surface area contributed by atoms with Gasteiger partial charge in [-0.15, -0.1) is 0 Å². The molecule has 106 valence electrons. The van der Waals surface area contributed by atoms with Crippen molar-refractivity contribution in [2.45, 2.75) is 25.3 Å². The second-order valence-electron chi connectivity index (χ2n) is 5.20. The third-order valence-electron chi connectivity index (χ3n) is 3.55. The molecule has 1 aromatic rings. The van der Waals surface area contributed by atoms with Gasteiger partial charge in [-0.3, -0.25) is 11.3 Å². The number of nitrogens with two attached hydrogens (primary N) is 1. The van der Waals surface area contributed by atoms with Crippen LogP contribution in [0.15, 0.2) is 24.3 Å². The van der Waals surface area contributed by atoms with Gasteiger partial charge < -0.3 is 0 Å². The monoisotopic (exact) mass is 286 g/mol. The van der Waals surface area contributed by atoms with E-state index >= 15 is 0 Å². The Kier molecular flexibility index (Phi) is 4.54. The molecule has 2 unspecified atom stereocenters. The number of nitrogens with one attached hydrogen (secondary N) is 1. The first-order valence-electron chi connectivity index (χ1n) is 6.39. The van der Waals surface area contributed by atoms with Gasteiger partial charge in [-0.1, -0.05) is 12.1 Å². The van der Waals surface area contributed by atoms with Crippen molar-refractivity contribution in [2.75, 3.05) is 11.5 Å². The van der Waals surface area contributed by atoms with Gasteiger partial charge in [0.05, 0.1) is 11.5 Å². The minimum atomic E-state index is -2.86. The Labute approximate surface area is 113 Å². The number of sulfone groups is 1. The lowest BCUT2D eigenvalue weighted by molar-refractivity contribution is 0.408. The molecule has 1 aromatic carbocycles. The highest BCUT2D eigenvalue weighted by molar-refractivity contribution is 7.91. The fourth-order valence-electron chi connectivity index (χ4n) is 2.62. The maximum absolute atomic E-state index is 13.1. The quantitative estimate of drug-likeness (QED) is 0.626. The van der Waals surface area contributed by atoms with Gasteiger partial charge in [-0.2, -0.15) is 0 Å². The van der Waals surface area contributed by atoms with Gasteiger partial charge in [0.1, 0.15) is 5.82 Å². The van der Waals surface area contributed by atoms with Gasteiger partial charge in [0.15, 0.2) is 9.84 Å². The highest BCUT2D eigenvalue weighted by Crippen LogP contribution is 2.24. The maximum Gasteiger partial charge on any atom is 0.150 e. The summed E-state index contributed by atoms with van der Waals surface area (Å²) in [6.45, 7) is 0. The number of halogens is 1. The standard InChI is InChI=1S/C13H19FN2O2S/c14-12-3-1-2-10(6-12)7-13(16-15)8-11-4-5-19(17,18)9-11/h1-3,6,11,13,16H,4-5,7-9,15H2. The first kappa shape index (κ1) is 14.4. The molecular formula is C13H19FN2O2S. The van der Waals surface area contributed by atoms with E-state index in [2.05, 4.69) is 5.43 Å². The molecule has 1 fully saturated rings. The van der Waals surface area contributed by atoms with Crippen LogP contribution >= 0.6 is 0 Å². The predicted octanol–water partition coefficient (Wildman–Crippen LogP) is 1.02. The molecule has 1 heterocycles. The molecule has 2 rings (SSSR count). The smallest absolute Gasteiger partial charge is 0.150 e. The van der Waals surface area contributed by atoms with Gasteiger partial charge in [-0.25, -0.2) is 12.8 Å². The average molecular weight is 286 g/mol. The number of hydrogen-bond acceptors (Lipinski definition) is 4. The fourth-order valence-corrected chi connectivity index (χ4v) is 4.50. The number of rotatable bonds is 5. The normalized spacial score (nSPS) is 23.4. The minimum Gasteiger partial charge on any atom is -0.271 e. The first-order chi connectivity index (χ1) is 8.98. The Hall–Kier alpha value is -0.980. The van der Waals surface area contributed by atoms with E-state index in [0.717, 1.165) is 5.56 Å². The van der Waals surface area contributed by atoms with Crippen LogP contribution in [0.4, 0.5) is 4.39 Å². The van der Waals surface area contributed by atoms with Crippen LogP contribution in [0.5, 0.6) is 0 Å². The van der Waals surface area contributed by atoms with Gasteiger partial charge >= 0.3 is 0 Å². The van der Waals surface area contributed by atoms with Gasteiger partial charge in [0.2, 0.25) is 0 Å². The van der Waals surface area contributed by atoms with Crippen molar-refractivity contribution >= 4 is 9.84 Å².